The van der Waals surface area contributed by atoms with Crippen molar-refractivity contribution in [1.82, 2.24) is 4.90 Å². The van der Waals surface area contributed by atoms with Crippen LogP contribution in [0.25, 0.3) is 0 Å². The third-order valence-corrected chi connectivity index (χ3v) is 5.40. The molecule has 0 spiro atoms. The van der Waals surface area contributed by atoms with Crippen LogP contribution < -0.4 is 0 Å². The van der Waals surface area contributed by atoms with Gasteiger partial charge in [0, 0.05) is 6.54 Å². The average molecular weight is 317 g/mol. The van der Waals surface area contributed by atoms with Crippen molar-refractivity contribution in [3.8, 4) is 0 Å². The van der Waals surface area contributed by atoms with Gasteiger partial charge in [-0.3, -0.25) is 14.5 Å². The highest BCUT2D eigenvalue weighted by molar-refractivity contribution is 6.21. The Bertz CT molecular complexity index is 521. The van der Waals surface area contributed by atoms with Gasteiger partial charge in [0.25, 0.3) is 11.8 Å². The van der Waals surface area contributed by atoms with E-state index in [0.29, 0.717) is 17.7 Å². The molecule has 0 atom stereocenters. The first-order valence-corrected chi connectivity index (χ1v) is 8.89. The molecular weight excluding hydrogens is 288 g/mol. The molecule has 0 N–H and O–H groups in total. The number of carbonyl (C=O) groups excluding carboxylic acids is 2. The number of fused-ring (bicyclic) bond motifs is 1. The van der Waals surface area contributed by atoms with Crippen LogP contribution in [-0.4, -0.2) is 53.9 Å². The Kier molecular flexibility index (Phi) is 5.94. The van der Waals surface area contributed by atoms with Crippen LogP contribution in [-0.2, 0) is 0 Å². The lowest BCUT2D eigenvalue weighted by molar-refractivity contribution is -0.923. The summed E-state index contributed by atoms with van der Waals surface area (Å²) in [6.45, 7) is 12.0. The Morgan fingerprint density at radius 2 is 1.35 bits per heavy atom. The average Bonchev–Trinajstić information content (AvgIpc) is 2.84. The number of amides is 2. The third kappa shape index (κ3) is 3.63. The smallest absolute Gasteiger partial charge is 0.261 e. The molecule has 0 unspecified atom stereocenters. The number of rotatable bonds is 9. The molecule has 4 nitrogen and oxygen atoms in total. The van der Waals surface area contributed by atoms with Crippen molar-refractivity contribution in [1.29, 1.82) is 0 Å². The maximum atomic E-state index is 12.3. The van der Waals surface area contributed by atoms with Crippen LogP contribution in [0, 0.1) is 0 Å². The van der Waals surface area contributed by atoms with Crippen molar-refractivity contribution in [3.63, 3.8) is 0 Å². The zero-order chi connectivity index (χ0) is 16.9. The van der Waals surface area contributed by atoms with Gasteiger partial charge in [0.1, 0.15) is 0 Å². The van der Waals surface area contributed by atoms with Crippen LogP contribution in [0.5, 0.6) is 0 Å². The van der Waals surface area contributed by atoms with Crippen LogP contribution in [0.2, 0.25) is 0 Å². The SMILES string of the molecule is CC[N+](CC)(CC)CCCCCN1C(=O)c2ccccc2C1=O. The van der Waals surface area contributed by atoms with Crippen molar-refractivity contribution in [2.45, 2.75) is 40.0 Å². The molecule has 1 heterocycles. The summed E-state index contributed by atoms with van der Waals surface area (Å²) in [5.41, 5.74) is 1.10. The van der Waals surface area contributed by atoms with Crippen molar-refractivity contribution in [2.75, 3.05) is 32.7 Å². The fourth-order valence-corrected chi connectivity index (χ4v) is 3.48. The van der Waals surface area contributed by atoms with Gasteiger partial charge in [0.05, 0.1) is 37.3 Å². The Labute approximate surface area is 139 Å². The second kappa shape index (κ2) is 7.73. The van der Waals surface area contributed by atoms with Crippen molar-refractivity contribution >= 4 is 11.8 Å². The van der Waals surface area contributed by atoms with Crippen molar-refractivity contribution in [3.05, 3.63) is 35.4 Å². The summed E-state index contributed by atoms with van der Waals surface area (Å²) in [4.78, 5) is 26.0. The molecule has 1 aliphatic heterocycles. The topological polar surface area (TPSA) is 37.4 Å². The summed E-state index contributed by atoms with van der Waals surface area (Å²) in [5, 5.41) is 0. The van der Waals surface area contributed by atoms with Gasteiger partial charge < -0.3 is 4.48 Å². The van der Waals surface area contributed by atoms with Gasteiger partial charge in [0.2, 0.25) is 0 Å². The largest absolute Gasteiger partial charge is 0.324 e. The van der Waals surface area contributed by atoms with E-state index in [1.54, 1.807) is 12.1 Å². The zero-order valence-corrected chi connectivity index (χ0v) is 14.7. The predicted molar refractivity (Wildman–Crippen MR) is 92.4 cm³/mol. The molecule has 0 saturated heterocycles. The number of hydrogen-bond acceptors (Lipinski definition) is 2. The Morgan fingerprint density at radius 3 is 1.83 bits per heavy atom. The van der Waals surface area contributed by atoms with Gasteiger partial charge in [-0.05, 0) is 52.2 Å². The van der Waals surface area contributed by atoms with Crippen LogP contribution >= 0.6 is 0 Å². The minimum absolute atomic E-state index is 0.133. The number of unbranched alkanes of at least 4 members (excludes halogenated alkanes) is 2. The molecule has 0 saturated carbocycles. The molecule has 0 bridgehead atoms. The molecule has 2 rings (SSSR count). The van der Waals surface area contributed by atoms with E-state index in [9.17, 15) is 9.59 Å². The summed E-state index contributed by atoms with van der Waals surface area (Å²) < 4.78 is 1.16. The third-order valence-electron chi connectivity index (χ3n) is 5.40. The van der Waals surface area contributed by atoms with Crippen LogP contribution in [0.15, 0.2) is 24.3 Å². The van der Waals surface area contributed by atoms with E-state index >= 15 is 0 Å². The van der Waals surface area contributed by atoms with Gasteiger partial charge in [-0.15, -0.1) is 0 Å². The Morgan fingerprint density at radius 1 is 0.826 bits per heavy atom. The van der Waals surface area contributed by atoms with Gasteiger partial charge in [-0.2, -0.15) is 0 Å². The lowest BCUT2D eigenvalue weighted by atomic mass is 10.1. The van der Waals surface area contributed by atoms with Crippen molar-refractivity contribution < 1.29 is 14.1 Å². The van der Waals surface area contributed by atoms with Crippen LogP contribution in [0.4, 0.5) is 0 Å². The van der Waals surface area contributed by atoms with E-state index in [4.69, 9.17) is 0 Å². The number of imide groups is 1. The summed E-state index contributed by atoms with van der Waals surface area (Å²) in [7, 11) is 0. The van der Waals surface area contributed by atoms with Crippen LogP contribution in [0.1, 0.15) is 60.7 Å². The highest BCUT2D eigenvalue weighted by Gasteiger charge is 2.34. The van der Waals surface area contributed by atoms with E-state index in [-0.39, 0.29) is 11.8 Å². The first kappa shape index (κ1) is 17.7. The Hall–Kier alpha value is -1.68. The number of carbonyl (C=O) groups is 2. The first-order valence-electron chi connectivity index (χ1n) is 8.89. The monoisotopic (exact) mass is 317 g/mol. The molecule has 0 aromatic heterocycles. The van der Waals surface area contributed by atoms with Gasteiger partial charge in [0.15, 0.2) is 0 Å². The fraction of sp³-hybridized carbons (Fsp3) is 0.579. The normalized spacial score (nSPS) is 14.5. The van der Waals surface area contributed by atoms with Gasteiger partial charge in [-0.1, -0.05) is 12.1 Å². The van der Waals surface area contributed by atoms with E-state index in [1.807, 2.05) is 12.1 Å². The fourth-order valence-electron chi connectivity index (χ4n) is 3.48. The molecule has 1 aromatic carbocycles. The van der Waals surface area contributed by atoms with Crippen molar-refractivity contribution in [2.24, 2.45) is 0 Å². The predicted octanol–water partition coefficient (Wildman–Crippen LogP) is 3.33. The molecular formula is C19H29N2O2+. The van der Waals surface area contributed by atoms with Crippen LogP contribution in [0.3, 0.4) is 0 Å². The minimum atomic E-state index is -0.133. The minimum Gasteiger partial charge on any atom is -0.324 e. The standard InChI is InChI=1S/C19H29N2O2/c1-4-21(5-2,6-3)15-11-7-10-14-20-18(22)16-12-8-9-13-17(16)19(20)23/h8-9,12-13H,4-7,10-11,14-15H2,1-3H3/q+1. The van der Waals surface area contributed by atoms with E-state index in [0.717, 1.165) is 23.7 Å². The molecule has 0 radical (unpaired) electrons. The summed E-state index contributed by atoms with van der Waals surface area (Å²) in [6.07, 6.45) is 3.11. The van der Waals surface area contributed by atoms with E-state index in [2.05, 4.69) is 20.8 Å². The number of benzene rings is 1. The summed E-state index contributed by atoms with van der Waals surface area (Å²) in [6, 6.07) is 7.10. The molecule has 4 heteroatoms. The maximum Gasteiger partial charge on any atom is 0.261 e. The Balaban J connectivity index is 1.80. The molecule has 1 aliphatic rings. The highest BCUT2D eigenvalue weighted by Crippen LogP contribution is 2.22. The molecule has 0 aliphatic carbocycles. The van der Waals surface area contributed by atoms with Gasteiger partial charge in [-0.25, -0.2) is 0 Å². The number of quaternary nitrogens is 1. The van der Waals surface area contributed by atoms with E-state index in [1.165, 1.54) is 31.1 Å². The summed E-state index contributed by atoms with van der Waals surface area (Å²) >= 11 is 0. The second-order valence-corrected chi connectivity index (χ2v) is 6.38. The molecule has 126 valence electrons. The van der Waals surface area contributed by atoms with Gasteiger partial charge >= 0.3 is 0 Å². The highest BCUT2D eigenvalue weighted by atomic mass is 16.2. The number of nitrogens with zero attached hydrogens (tertiary/aromatic N) is 2. The molecule has 0 fully saturated rings. The quantitative estimate of drug-likeness (QED) is 0.398. The lowest BCUT2D eigenvalue weighted by Crippen LogP contribution is -2.48. The zero-order valence-electron chi connectivity index (χ0n) is 14.7. The number of hydrogen-bond donors (Lipinski definition) is 0. The lowest BCUT2D eigenvalue weighted by Gasteiger charge is -2.35. The second-order valence-electron chi connectivity index (χ2n) is 6.38. The molecule has 1 aromatic rings. The maximum absolute atomic E-state index is 12.3. The first-order chi connectivity index (χ1) is 11.1. The molecule has 2 amide bonds. The summed E-state index contributed by atoms with van der Waals surface area (Å²) in [5.74, 6) is -0.266. The van der Waals surface area contributed by atoms with E-state index < -0.39 is 0 Å². The molecule has 23 heavy (non-hydrogen) atoms.